The summed E-state index contributed by atoms with van der Waals surface area (Å²) in [5.74, 6) is 1.44. The van der Waals surface area contributed by atoms with Crippen molar-refractivity contribution < 1.29 is 5.11 Å². The van der Waals surface area contributed by atoms with Crippen LogP contribution in [0.2, 0.25) is 0 Å². The minimum absolute atomic E-state index is 0.468. The fourth-order valence-electron chi connectivity index (χ4n) is 1.20. The molecule has 0 radical (unpaired) electrons. The Hall–Kier alpha value is -1.36. The minimum Gasteiger partial charge on any atom is -0.388 e. The van der Waals surface area contributed by atoms with Crippen LogP contribution in [0.5, 0.6) is 0 Å². The van der Waals surface area contributed by atoms with E-state index in [4.69, 9.17) is 0 Å². The summed E-state index contributed by atoms with van der Waals surface area (Å²) in [5, 5.41) is 16.1. The summed E-state index contributed by atoms with van der Waals surface area (Å²) in [4.78, 5) is 8.45. The molecule has 5 nitrogen and oxygen atoms in total. The van der Waals surface area contributed by atoms with Crippen molar-refractivity contribution in [3.05, 3.63) is 12.4 Å². The molecule has 0 bridgehead atoms. The van der Waals surface area contributed by atoms with E-state index in [1.54, 1.807) is 19.3 Å². The number of hydrogen-bond acceptors (Lipinski definition) is 5. The molecule has 1 atom stereocenters. The topological polar surface area (TPSA) is 70.1 Å². The maximum Gasteiger partial charge on any atom is 0.147 e. The molecule has 5 heteroatoms. The monoisotopic (exact) mass is 238 g/mol. The van der Waals surface area contributed by atoms with Crippen LogP contribution in [0.25, 0.3) is 0 Å². The molecule has 0 amide bonds. The summed E-state index contributed by atoms with van der Waals surface area (Å²) in [6, 6.07) is 0. The van der Waals surface area contributed by atoms with Crippen molar-refractivity contribution in [2.45, 2.75) is 39.2 Å². The van der Waals surface area contributed by atoms with Gasteiger partial charge < -0.3 is 15.7 Å². The maximum atomic E-state index is 9.87. The van der Waals surface area contributed by atoms with Crippen LogP contribution in [0.15, 0.2) is 12.4 Å². The molecular formula is C12H22N4O. The Morgan fingerprint density at radius 2 is 1.88 bits per heavy atom. The first-order valence-corrected chi connectivity index (χ1v) is 6.09. The highest BCUT2D eigenvalue weighted by Gasteiger charge is 2.17. The van der Waals surface area contributed by atoms with Gasteiger partial charge in [0.15, 0.2) is 0 Å². The summed E-state index contributed by atoms with van der Waals surface area (Å²) in [6.45, 7) is 7.19. The Balaban J connectivity index is 2.53. The Morgan fingerprint density at radius 1 is 1.24 bits per heavy atom. The third-order valence-corrected chi connectivity index (χ3v) is 2.60. The molecule has 96 valence electrons. The molecule has 17 heavy (non-hydrogen) atoms. The van der Waals surface area contributed by atoms with Gasteiger partial charge in [0.05, 0.1) is 18.0 Å². The van der Waals surface area contributed by atoms with Crippen LogP contribution in [0.1, 0.15) is 33.6 Å². The van der Waals surface area contributed by atoms with Gasteiger partial charge in [0.25, 0.3) is 0 Å². The number of hydrogen-bond donors (Lipinski definition) is 3. The Bertz CT molecular complexity index is 341. The van der Waals surface area contributed by atoms with Gasteiger partial charge in [-0.15, -0.1) is 0 Å². The fourth-order valence-corrected chi connectivity index (χ4v) is 1.20. The van der Waals surface area contributed by atoms with Crippen LogP contribution < -0.4 is 10.6 Å². The number of anilines is 2. The van der Waals surface area contributed by atoms with Crippen LogP contribution >= 0.6 is 0 Å². The zero-order valence-corrected chi connectivity index (χ0v) is 10.8. The van der Waals surface area contributed by atoms with Crippen molar-refractivity contribution in [3.63, 3.8) is 0 Å². The molecule has 3 N–H and O–H groups in total. The van der Waals surface area contributed by atoms with E-state index >= 15 is 0 Å². The molecule has 1 aromatic rings. The standard InChI is InChI=1S/C12H22N4O/c1-4-6-14-10-7-13-8-11(16-10)15-9-12(3,17)5-2/h7-8,17H,4-6,9H2,1-3H3,(H2,14,15,16). The molecule has 0 saturated heterocycles. The van der Waals surface area contributed by atoms with Gasteiger partial charge in [-0.3, -0.25) is 4.98 Å². The number of aliphatic hydroxyl groups is 1. The van der Waals surface area contributed by atoms with Gasteiger partial charge in [-0.05, 0) is 19.8 Å². The normalized spacial score (nSPS) is 14.1. The van der Waals surface area contributed by atoms with Gasteiger partial charge in [0, 0.05) is 13.1 Å². The molecule has 1 heterocycles. The second-order valence-corrected chi connectivity index (χ2v) is 4.42. The van der Waals surface area contributed by atoms with Gasteiger partial charge >= 0.3 is 0 Å². The average Bonchev–Trinajstić information content (AvgIpc) is 2.35. The lowest BCUT2D eigenvalue weighted by molar-refractivity contribution is 0.0696. The lowest BCUT2D eigenvalue weighted by atomic mass is 10.0. The van der Waals surface area contributed by atoms with E-state index in [1.165, 1.54) is 0 Å². The first-order valence-electron chi connectivity index (χ1n) is 6.09. The average molecular weight is 238 g/mol. The zero-order valence-electron chi connectivity index (χ0n) is 10.8. The summed E-state index contributed by atoms with van der Waals surface area (Å²) in [6.07, 6.45) is 5.09. The summed E-state index contributed by atoms with van der Waals surface area (Å²) >= 11 is 0. The SMILES string of the molecule is CCCNc1cncc(NCC(C)(O)CC)n1. The largest absolute Gasteiger partial charge is 0.388 e. The van der Waals surface area contributed by atoms with E-state index in [1.807, 2.05) is 6.92 Å². The predicted molar refractivity (Wildman–Crippen MR) is 70.2 cm³/mol. The third kappa shape index (κ3) is 4.99. The number of rotatable bonds is 7. The van der Waals surface area contributed by atoms with Crippen molar-refractivity contribution in [3.8, 4) is 0 Å². The van der Waals surface area contributed by atoms with Gasteiger partial charge in [-0.25, -0.2) is 4.98 Å². The van der Waals surface area contributed by atoms with Crippen molar-refractivity contribution in [1.82, 2.24) is 9.97 Å². The van der Waals surface area contributed by atoms with Crippen molar-refractivity contribution in [1.29, 1.82) is 0 Å². The van der Waals surface area contributed by atoms with E-state index in [9.17, 15) is 5.11 Å². The molecule has 1 unspecified atom stereocenters. The van der Waals surface area contributed by atoms with E-state index in [0.717, 1.165) is 18.8 Å². The molecule has 0 aliphatic heterocycles. The van der Waals surface area contributed by atoms with Crippen LogP contribution in [0, 0.1) is 0 Å². The number of aromatic nitrogens is 2. The van der Waals surface area contributed by atoms with Gasteiger partial charge in [0.1, 0.15) is 11.6 Å². The van der Waals surface area contributed by atoms with Gasteiger partial charge in [-0.2, -0.15) is 0 Å². The van der Waals surface area contributed by atoms with E-state index in [2.05, 4.69) is 27.5 Å². The lowest BCUT2D eigenvalue weighted by Gasteiger charge is -2.21. The Kier molecular flexibility index (Phi) is 5.15. The summed E-state index contributed by atoms with van der Waals surface area (Å²) < 4.78 is 0. The third-order valence-electron chi connectivity index (χ3n) is 2.60. The Labute approximate surface area is 103 Å². The number of nitrogens with one attached hydrogen (secondary N) is 2. The first kappa shape index (κ1) is 13.7. The minimum atomic E-state index is -0.714. The first-order chi connectivity index (χ1) is 8.07. The van der Waals surface area contributed by atoms with Crippen molar-refractivity contribution in [2.75, 3.05) is 23.7 Å². The van der Waals surface area contributed by atoms with Gasteiger partial charge in [0.2, 0.25) is 0 Å². The molecule has 0 fully saturated rings. The number of nitrogens with zero attached hydrogens (tertiary/aromatic N) is 2. The molecule has 0 aliphatic carbocycles. The molecule has 0 aliphatic rings. The summed E-state index contributed by atoms with van der Waals surface area (Å²) in [5.41, 5.74) is -0.714. The zero-order chi connectivity index (χ0) is 12.7. The molecule has 0 saturated carbocycles. The molecule has 1 aromatic heterocycles. The summed E-state index contributed by atoms with van der Waals surface area (Å²) in [7, 11) is 0. The van der Waals surface area contributed by atoms with Crippen molar-refractivity contribution in [2.24, 2.45) is 0 Å². The second kappa shape index (κ2) is 6.39. The highest BCUT2D eigenvalue weighted by molar-refractivity contribution is 5.41. The van der Waals surface area contributed by atoms with E-state index in [0.29, 0.717) is 18.8 Å². The van der Waals surface area contributed by atoms with Gasteiger partial charge in [-0.1, -0.05) is 13.8 Å². The van der Waals surface area contributed by atoms with Crippen molar-refractivity contribution >= 4 is 11.6 Å². The lowest BCUT2D eigenvalue weighted by Crippen LogP contribution is -2.32. The maximum absolute atomic E-state index is 9.87. The Morgan fingerprint density at radius 3 is 2.47 bits per heavy atom. The second-order valence-electron chi connectivity index (χ2n) is 4.42. The quantitative estimate of drug-likeness (QED) is 0.676. The predicted octanol–water partition coefficient (Wildman–Crippen LogP) is 1.87. The highest BCUT2D eigenvalue weighted by atomic mass is 16.3. The van der Waals surface area contributed by atoms with Crippen LogP contribution in [-0.4, -0.2) is 33.8 Å². The highest BCUT2D eigenvalue weighted by Crippen LogP contribution is 2.11. The van der Waals surface area contributed by atoms with E-state index < -0.39 is 5.60 Å². The fraction of sp³-hybridized carbons (Fsp3) is 0.667. The van der Waals surface area contributed by atoms with Crippen LogP contribution in [0.3, 0.4) is 0 Å². The van der Waals surface area contributed by atoms with E-state index in [-0.39, 0.29) is 0 Å². The molecule has 0 aromatic carbocycles. The van der Waals surface area contributed by atoms with Crippen LogP contribution in [-0.2, 0) is 0 Å². The smallest absolute Gasteiger partial charge is 0.147 e. The van der Waals surface area contributed by atoms with Crippen LogP contribution in [0.4, 0.5) is 11.6 Å². The molecule has 1 rings (SSSR count). The molecule has 0 spiro atoms. The molecular weight excluding hydrogens is 216 g/mol.